The number of piperidine rings is 1. The Morgan fingerprint density at radius 3 is 2.57 bits per heavy atom. The van der Waals surface area contributed by atoms with Crippen LogP contribution >= 0.6 is 0 Å². The minimum atomic E-state index is -1.88. The van der Waals surface area contributed by atoms with E-state index in [1.807, 2.05) is 0 Å². The average Bonchev–Trinajstić information content (AvgIpc) is 2.59. The van der Waals surface area contributed by atoms with E-state index < -0.39 is 14.4 Å². The number of fused-ring (bicyclic) bond motifs is 2. The molecule has 0 aliphatic carbocycles. The number of nitrogens with zero attached hydrogens (tertiary/aromatic N) is 1. The van der Waals surface area contributed by atoms with E-state index in [0.717, 1.165) is 12.8 Å². The maximum Gasteiger partial charge on any atom is 0.192 e. The topological polar surface area (TPSA) is 49.8 Å². The van der Waals surface area contributed by atoms with Gasteiger partial charge in [0.2, 0.25) is 0 Å². The first-order valence-electron chi connectivity index (χ1n) is 8.11. The van der Waals surface area contributed by atoms with Crippen LogP contribution in [0.2, 0.25) is 18.1 Å². The third-order valence-electron chi connectivity index (χ3n) is 5.95. The minimum Gasteiger partial charge on any atom is -0.414 e. The van der Waals surface area contributed by atoms with Crippen LogP contribution in [-0.2, 0) is 9.22 Å². The largest absolute Gasteiger partial charge is 0.414 e. The Bertz CT molecular complexity index is 405. The molecule has 0 aromatic carbocycles. The molecule has 0 aromatic heterocycles. The van der Waals surface area contributed by atoms with Crippen LogP contribution in [0.5, 0.6) is 0 Å². The predicted molar refractivity (Wildman–Crippen MR) is 86.8 cm³/mol. The quantitative estimate of drug-likeness (QED) is 0.810. The van der Waals surface area contributed by atoms with Gasteiger partial charge < -0.3 is 9.53 Å². The third kappa shape index (κ3) is 3.26. The minimum absolute atomic E-state index is 0.124. The second-order valence-electron chi connectivity index (χ2n) is 8.30. The van der Waals surface area contributed by atoms with E-state index in [0.29, 0.717) is 19.1 Å². The Balaban J connectivity index is 2.00. The van der Waals surface area contributed by atoms with Gasteiger partial charge in [0.15, 0.2) is 8.32 Å². The van der Waals surface area contributed by atoms with Gasteiger partial charge in [0.05, 0.1) is 18.6 Å². The zero-order valence-electron chi connectivity index (χ0n) is 14.3. The molecule has 2 aliphatic rings. The van der Waals surface area contributed by atoms with Gasteiger partial charge in [0.1, 0.15) is 5.78 Å². The van der Waals surface area contributed by atoms with Gasteiger partial charge in [0.25, 0.3) is 0 Å². The summed E-state index contributed by atoms with van der Waals surface area (Å²) in [5.74, 6) is -0.0366. The number of rotatable bonds is 4. The summed E-state index contributed by atoms with van der Waals surface area (Å²) in [4.78, 5) is 14.6. The molecule has 0 aromatic rings. The highest BCUT2D eigenvalue weighted by molar-refractivity contribution is 6.74. The van der Waals surface area contributed by atoms with Gasteiger partial charge in [-0.05, 0) is 38.0 Å². The van der Waals surface area contributed by atoms with E-state index in [9.17, 15) is 9.90 Å². The molecule has 2 aliphatic heterocycles. The van der Waals surface area contributed by atoms with Crippen molar-refractivity contribution in [2.45, 2.75) is 76.4 Å². The number of carbonyl (C=O) groups is 1. The van der Waals surface area contributed by atoms with Crippen LogP contribution in [0.3, 0.4) is 0 Å². The lowest BCUT2D eigenvalue weighted by molar-refractivity contribution is -0.135. The molecule has 4 nitrogen and oxygen atoms in total. The lowest BCUT2D eigenvalue weighted by Gasteiger charge is -2.41. The molecular formula is C16H31NO3Si. The molecule has 0 saturated carbocycles. The van der Waals surface area contributed by atoms with Crippen molar-refractivity contribution in [1.29, 1.82) is 0 Å². The number of aliphatic hydroxyl groups is 1. The van der Waals surface area contributed by atoms with Gasteiger partial charge in [-0.15, -0.1) is 0 Å². The normalized spacial score (nSPS) is 32.5. The molecule has 2 saturated heterocycles. The summed E-state index contributed by atoms with van der Waals surface area (Å²) in [5, 5.41) is 10.7. The van der Waals surface area contributed by atoms with Crippen LogP contribution in [0.25, 0.3) is 0 Å². The van der Waals surface area contributed by atoms with Crippen LogP contribution in [0.1, 0.15) is 40.0 Å². The van der Waals surface area contributed by atoms with Crippen molar-refractivity contribution in [2.75, 3.05) is 13.7 Å². The Morgan fingerprint density at radius 2 is 2.00 bits per heavy atom. The molecule has 4 atom stereocenters. The SMILES string of the molecule is CN1[C@@H]2CC[C@H]1[C@H]([C@H](O)CO[Si](C)(C)C(C)(C)C)C(=O)C2. The lowest BCUT2D eigenvalue weighted by Crippen LogP contribution is -2.53. The van der Waals surface area contributed by atoms with Gasteiger partial charge >= 0.3 is 0 Å². The Morgan fingerprint density at radius 1 is 1.38 bits per heavy atom. The molecule has 0 spiro atoms. The fraction of sp³-hybridized carbons (Fsp3) is 0.938. The standard InChI is InChI=1S/C16H31NO3Si/c1-16(2,3)21(5,6)20-10-14(19)15-12-8-7-11(17(12)4)9-13(15)18/h11-12,14-15,19H,7-10H2,1-6H3/t11-,12+,14-,15+/m1/s1. The molecule has 122 valence electrons. The zero-order chi connectivity index (χ0) is 16.0. The maximum atomic E-state index is 12.3. The van der Waals surface area contributed by atoms with Crippen molar-refractivity contribution in [1.82, 2.24) is 4.90 Å². The van der Waals surface area contributed by atoms with Crippen molar-refractivity contribution < 1.29 is 14.3 Å². The molecule has 21 heavy (non-hydrogen) atoms. The molecule has 2 heterocycles. The number of carbonyl (C=O) groups excluding carboxylic acids is 1. The maximum absolute atomic E-state index is 12.3. The van der Waals surface area contributed by atoms with Crippen molar-refractivity contribution in [2.24, 2.45) is 5.92 Å². The average molecular weight is 314 g/mol. The monoisotopic (exact) mass is 313 g/mol. The van der Waals surface area contributed by atoms with E-state index in [-0.39, 0.29) is 22.8 Å². The Labute approximate surface area is 130 Å². The first kappa shape index (κ1) is 17.1. The van der Waals surface area contributed by atoms with Crippen molar-refractivity contribution in [3.63, 3.8) is 0 Å². The van der Waals surface area contributed by atoms with Crippen molar-refractivity contribution >= 4 is 14.1 Å². The zero-order valence-corrected chi connectivity index (χ0v) is 15.3. The Kier molecular flexibility index (Phi) is 4.70. The molecule has 2 rings (SSSR count). The van der Waals surface area contributed by atoms with Gasteiger partial charge in [-0.25, -0.2) is 0 Å². The van der Waals surface area contributed by atoms with Gasteiger partial charge in [-0.2, -0.15) is 0 Å². The van der Waals surface area contributed by atoms with E-state index in [1.165, 1.54) is 0 Å². The molecule has 0 unspecified atom stereocenters. The molecule has 5 heteroatoms. The second-order valence-corrected chi connectivity index (χ2v) is 13.1. The number of ketones is 1. The van der Waals surface area contributed by atoms with E-state index in [4.69, 9.17) is 4.43 Å². The van der Waals surface area contributed by atoms with E-state index in [2.05, 4.69) is 45.8 Å². The van der Waals surface area contributed by atoms with Crippen LogP contribution in [0.4, 0.5) is 0 Å². The van der Waals surface area contributed by atoms with Crippen LogP contribution in [0.15, 0.2) is 0 Å². The highest BCUT2D eigenvalue weighted by atomic mass is 28.4. The molecule has 0 radical (unpaired) electrons. The molecule has 1 N–H and O–H groups in total. The van der Waals surface area contributed by atoms with Crippen molar-refractivity contribution in [3.05, 3.63) is 0 Å². The molecule has 2 fully saturated rings. The fourth-order valence-electron chi connectivity index (χ4n) is 3.39. The van der Waals surface area contributed by atoms with Crippen molar-refractivity contribution in [3.8, 4) is 0 Å². The van der Waals surface area contributed by atoms with Crippen LogP contribution < -0.4 is 0 Å². The molecule has 2 bridgehead atoms. The lowest BCUT2D eigenvalue weighted by atomic mass is 9.85. The summed E-state index contributed by atoms with van der Waals surface area (Å²) in [7, 11) is 0.210. The summed E-state index contributed by atoms with van der Waals surface area (Å²) in [6.07, 6.45) is 2.03. The highest BCUT2D eigenvalue weighted by Gasteiger charge is 2.48. The highest BCUT2D eigenvalue weighted by Crippen LogP contribution is 2.39. The summed E-state index contributed by atoms with van der Waals surface area (Å²) in [6, 6.07) is 0.599. The third-order valence-corrected chi connectivity index (χ3v) is 10.5. The number of hydrogen-bond acceptors (Lipinski definition) is 4. The summed E-state index contributed by atoms with van der Waals surface area (Å²) in [5.41, 5.74) is 0. The molecular weight excluding hydrogens is 282 g/mol. The van der Waals surface area contributed by atoms with Gasteiger partial charge in [-0.3, -0.25) is 9.69 Å². The summed E-state index contributed by atoms with van der Waals surface area (Å²) >= 11 is 0. The van der Waals surface area contributed by atoms with E-state index in [1.54, 1.807) is 0 Å². The second kappa shape index (κ2) is 5.76. The Hall–Kier alpha value is -0.233. The summed E-state index contributed by atoms with van der Waals surface area (Å²) < 4.78 is 6.12. The van der Waals surface area contributed by atoms with Crippen LogP contribution in [-0.4, -0.2) is 55.9 Å². The van der Waals surface area contributed by atoms with Gasteiger partial charge in [0, 0.05) is 18.5 Å². The first-order valence-corrected chi connectivity index (χ1v) is 11.0. The smallest absolute Gasteiger partial charge is 0.192 e. The van der Waals surface area contributed by atoms with Gasteiger partial charge in [-0.1, -0.05) is 20.8 Å². The summed E-state index contributed by atoms with van der Waals surface area (Å²) in [6.45, 7) is 11.2. The molecule has 0 amide bonds. The number of hydrogen-bond donors (Lipinski definition) is 1. The van der Waals surface area contributed by atoms with Crippen LogP contribution in [0, 0.1) is 5.92 Å². The fourth-order valence-corrected chi connectivity index (χ4v) is 4.41. The first-order chi connectivity index (χ1) is 9.54. The van der Waals surface area contributed by atoms with E-state index >= 15 is 0 Å². The predicted octanol–water partition coefficient (Wildman–Crippen LogP) is 2.42. The number of aliphatic hydroxyl groups excluding tert-OH is 1. The number of Topliss-reactive ketones (excluding diaryl/α,β-unsaturated/α-hetero) is 1.